The van der Waals surface area contributed by atoms with Gasteiger partial charge in [-0.25, -0.2) is 8.42 Å². The van der Waals surface area contributed by atoms with E-state index in [1.807, 2.05) is 12.1 Å². The highest BCUT2D eigenvalue weighted by atomic mass is 32.2. The number of hydrogen-bond acceptors (Lipinski definition) is 4. The van der Waals surface area contributed by atoms with E-state index in [0.29, 0.717) is 16.9 Å². The van der Waals surface area contributed by atoms with Gasteiger partial charge in [0.25, 0.3) is 0 Å². The van der Waals surface area contributed by atoms with Crippen LogP contribution in [0.4, 0.5) is 0 Å². The van der Waals surface area contributed by atoms with E-state index in [4.69, 9.17) is 4.74 Å². The lowest BCUT2D eigenvalue weighted by Gasteiger charge is -2.04. The molecule has 2 rings (SSSR count). The minimum absolute atomic E-state index is 0.0329. The monoisotopic (exact) mass is 343 g/mol. The molecule has 0 unspecified atom stereocenters. The van der Waals surface area contributed by atoms with Crippen molar-refractivity contribution >= 4 is 15.8 Å². The zero-order chi connectivity index (χ0) is 17.6. The normalized spacial score (nSPS) is 10.6. The molecule has 0 heterocycles. The maximum atomic E-state index is 12.2. The van der Waals surface area contributed by atoms with Crippen molar-refractivity contribution in [3.05, 3.63) is 59.7 Å². The first-order valence-corrected chi connectivity index (χ1v) is 8.65. The molecule has 0 spiro atoms. The van der Waals surface area contributed by atoms with Crippen molar-refractivity contribution in [3.63, 3.8) is 0 Å². The Hall–Kier alpha value is -2.62. The third-order valence-corrected chi connectivity index (χ3v) is 4.67. The van der Waals surface area contributed by atoms with Crippen LogP contribution in [0.15, 0.2) is 53.4 Å². The molecule has 0 aliphatic carbocycles. The average Bonchev–Trinajstić information content (AvgIpc) is 2.59. The van der Waals surface area contributed by atoms with E-state index in [1.54, 1.807) is 19.2 Å². The SMILES string of the molecule is COc1ccccc1C#CCNS(=O)(=O)c1ccc(C(C)=O)cc1. The molecule has 2 aromatic rings. The van der Waals surface area contributed by atoms with Gasteiger partial charge in [-0.3, -0.25) is 4.79 Å². The summed E-state index contributed by atoms with van der Waals surface area (Å²) in [6.07, 6.45) is 0. The van der Waals surface area contributed by atoms with Gasteiger partial charge < -0.3 is 4.74 Å². The number of sulfonamides is 1. The van der Waals surface area contributed by atoms with E-state index >= 15 is 0 Å². The second-order valence-electron chi connectivity index (χ2n) is 4.91. The van der Waals surface area contributed by atoms with Gasteiger partial charge in [0.05, 0.1) is 24.1 Å². The summed E-state index contributed by atoms with van der Waals surface area (Å²) in [5, 5.41) is 0. The first-order chi connectivity index (χ1) is 11.4. The van der Waals surface area contributed by atoms with Crippen LogP contribution in [-0.2, 0) is 10.0 Å². The standard InChI is InChI=1S/C18H17NO4S/c1-14(20)15-9-11-17(12-10-15)24(21,22)19-13-5-7-16-6-3-4-8-18(16)23-2/h3-4,6,8-12,19H,13H2,1-2H3. The van der Waals surface area contributed by atoms with Gasteiger partial charge in [-0.2, -0.15) is 4.72 Å². The molecule has 5 nitrogen and oxygen atoms in total. The third-order valence-electron chi connectivity index (χ3n) is 3.25. The topological polar surface area (TPSA) is 72.5 Å². The van der Waals surface area contributed by atoms with E-state index in [-0.39, 0.29) is 17.2 Å². The number of hydrogen-bond donors (Lipinski definition) is 1. The Morgan fingerprint density at radius 3 is 2.42 bits per heavy atom. The number of nitrogens with one attached hydrogen (secondary N) is 1. The fraction of sp³-hybridized carbons (Fsp3) is 0.167. The van der Waals surface area contributed by atoms with Gasteiger partial charge in [-0.05, 0) is 31.2 Å². The summed E-state index contributed by atoms with van der Waals surface area (Å²) in [6, 6.07) is 13.0. The molecule has 0 radical (unpaired) electrons. The minimum atomic E-state index is -3.67. The lowest BCUT2D eigenvalue weighted by molar-refractivity contribution is 0.101. The fourth-order valence-corrected chi connectivity index (χ4v) is 2.89. The number of carbonyl (C=O) groups is 1. The average molecular weight is 343 g/mol. The van der Waals surface area contributed by atoms with Crippen molar-refractivity contribution in [2.24, 2.45) is 0 Å². The van der Waals surface area contributed by atoms with Crippen LogP contribution in [0.1, 0.15) is 22.8 Å². The maximum absolute atomic E-state index is 12.2. The number of carbonyl (C=O) groups excluding carboxylic acids is 1. The number of Topliss-reactive ketones (excluding diaryl/α,β-unsaturated/α-hetero) is 1. The summed E-state index contributed by atoms with van der Waals surface area (Å²) in [7, 11) is -2.12. The molecular formula is C18H17NO4S. The lowest BCUT2D eigenvalue weighted by atomic mass is 10.2. The molecular weight excluding hydrogens is 326 g/mol. The van der Waals surface area contributed by atoms with Crippen LogP contribution in [0.3, 0.4) is 0 Å². The molecule has 2 aromatic carbocycles. The zero-order valence-corrected chi connectivity index (χ0v) is 14.2. The highest BCUT2D eigenvalue weighted by molar-refractivity contribution is 7.89. The Balaban J connectivity index is 2.06. The first-order valence-electron chi connectivity index (χ1n) is 7.16. The van der Waals surface area contributed by atoms with Crippen molar-refractivity contribution in [2.45, 2.75) is 11.8 Å². The number of ketones is 1. The van der Waals surface area contributed by atoms with Crippen LogP contribution >= 0.6 is 0 Å². The van der Waals surface area contributed by atoms with Crippen LogP contribution in [0.5, 0.6) is 5.75 Å². The lowest BCUT2D eigenvalue weighted by Crippen LogP contribution is -2.24. The molecule has 124 valence electrons. The molecule has 0 aliphatic rings. The number of ether oxygens (including phenoxy) is 1. The van der Waals surface area contributed by atoms with Gasteiger partial charge >= 0.3 is 0 Å². The fourth-order valence-electron chi connectivity index (χ4n) is 1.97. The zero-order valence-electron chi connectivity index (χ0n) is 13.4. The summed E-state index contributed by atoms with van der Waals surface area (Å²) in [5.74, 6) is 6.14. The van der Waals surface area contributed by atoms with E-state index in [2.05, 4.69) is 16.6 Å². The summed E-state index contributed by atoms with van der Waals surface area (Å²) in [5.41, 5.74) is 1.15. The summed E-state index contributed by atoms with van der Waals surface area (Å²) in [6.45, 7) is 1.39. The summed E-state index contributed by atoms with van der Waals surface area (Å²) >= 11 is 0. The van der Waals surface area contributed by atoms with Crippen LogP contribution < -0.4 is 9.46 Å². The van der Waals surface area contributed by atoms with E-state index in [9.17, 15) is 13.2 Å². The van der Waals surface area contributed by atoms with Gasteiger partial charge in [-0.1, -0.05) is 36.1 Å². The molecule has 0 aromatic heterocycles. The van der Waals surface area contributed by atoms with Crippen molar-refractivity contribution in [1.29, 1.82) is 0 Å². The van der Waals surface area contributed by atoms with Crippen molar-refractivity contribution in [2.75, 3.05) is 13.7 Å². The Kier molecular flexibility index (Phi) is 5.74. The Labute approximate surface area is 141 Å². The smallest absolute Gasteiger partial charge is 0.241 e. The molecule has 0 aliphatic heterocycles. The largest absolute Gasteiger partial charge is 0.495 e. The molecule has 0 amide bonds. The summed E-state index contributed by atoms with van der Waals surface area (Å²) in [4.78, 5) is 11.3. The number of rotatable bonds is 5. The second kappa shape index (κ2) is 7.77. The van der Waals surface area contributed by atoms with Gasteiger partial charge in [0.1, 0.15) is 5.75 Å². The quantitative estimate of drug-likeness (QED) is 0.667. The molecule has 24 heavy (non-hydrogen) atoms. The molecule has 6 heteroatoms. The van der Waals surface area contributed by atoms with Crippen molar-refractivity contribution < 1.29 is 17.9 Å². The number of methoxy groups -OCH3 is 1. The third kappa shape index (κ3) is 4.44. The van der Waals surface area contributed by atoms with E-state index in [0.717, 1.165) is 0 Å². The van der Waals surface area contributed by atoms with E-state index < -0.39 is 10.0 Å². The van der Waals surface area contributed by atoms with E-state index in [1.165, 1.54) is 31.2 Å². The van der Waals surface area contributed by atoms with Crippen LogP contribution in [0, 0.1) is 11.8 Å². The Morgan fingerprint density at radius 1 is 1.12 bits per heavy atom. The molecule has 0 atom stereocenters. The minimum Gasteiger partial charge on any atom is -0.495 e. The molecule has 0 bridgehead atoms. The van der Waals surface area contributed by atoms with Crippen LogP contribution in [0.25, 0.3) is 0 Å². The maximum Gasteiger partial charge on any atom is 0.241 e. The Morgan fingerprint density at radius 2 is 1.79 bits per heavy atom. The predicted molar refractivity (Wildman–Crippen MR) is 91.5 cm³/mol. The highest BCUT2D eigenvalue weighted by Gasteiger charge is 2.13. The summed E-state index contributed by atoms with van der Waals surface area (Å²) < 4.78 is 31.9. The molecule has 1 N–H and O–H groups in total. The van der Waals surface area contributed by atoms with Gasteiger partial charge in [0.15, 0.2) is 5.78 Å². The second-order valence-corrected chi connectivity index (χ2v) is 6.67. The highest BCUT2D eigenvalue weighted by Crippen LogP contribution is 2.15. The Bertz CT molecular complexity index is 891. The van der Waals surface area contributed by atoms with Crippen LogP contribution in [0.2, 0.25) is 0 Å². The van der Waals surface area contributed by atoms with Crippen molar-refractivity contribution in [1.82, 2.24) is 4.72 Å². The predicted octanol–water partition coefficient (Wildman–Crippen LogP) is 2.23. The molecule has 0 saturated carbocycles. The van der Waals surface area contributed by atoms with Crippen molar-refractivity contribution in [3.8, 4) is 17.6 Å². The molecule has 0 saturated heterocycles. The van der Waals surface area contributed by atoms with Gasteiger partial charge in [0.2, 0.25) is 10.0 Å². The number of benzene rings is 2. The van der Waals surface area contributed by atoms with Gasteiger partial charge in [-0.15, -0.1) is 0 Å². The molecule has 0 fully saturated rings. The first kappa shape index (κ1) is 17.7. The van der Waals surface area contributed by atoms with Gasteiger partial charge in [0, 0.05) is 5.56 Å². The van der Waals surface area contributed by atoms with Crippen LogP contribution in [-0.4, -0.2) is 27.9 Å². The number of para-hydroxylation sites is 1.